The molecule has 0 unspecified atom stereocenters. The Labute approximate surface area is 138 Å². The van der Waals surface area contributed by atoms with Crippen LogP contribution < -0.4 is 0 Å². The highest BCUT2D eigenvalue weighted by Crippen LogP contribution is 2.31. The van der Waals surface area contributed by atoms with Crippen molar-refractivity contribution in [3.8, 4) is 0 Å². The third-order valence-corrected chi connectivity index (χ3v) is 5.45. The van der Waals surface area contributed by atoms with Crippen LogP contribution in [0.5, 0.6) is 0 Å². The number of hydrogen-bond acceptors (Lipinski definition) is 3. The molecule has 0 radical (unpaired) electrons. The molecule has 5 nitrogen and oxygen atoms in total. The highest BCUT2D eigenvalue weighted by Gasteiger charge is 2.31. The molecule has 1 fully saturated rings. The molecule has 5 heteroatoms. The molecule has 1 saturated carbocycles. The van der Waals surface area contributed by atoms with Gasteiger partial charge in [0, 0.05) is 25.6 Å². The number of carbonyl (C=O) groups excluding carboxylic acids is 1. The maximum Gasteiger partial charge on any atom is 0.274 e. The lowest BCUT2D eigenvalue weighted by atomic mass is 9.83. The number of rotatable bonds is 3. The Morgan fingerprint density at radius 1 is 1.26 bits per heavy atom. The van der Waals surface area contributed by atoms with E-state index in [0.717, 1.165) is 30.1 Å². The predicted octanol–water partition coefficient (Wildman–Crippen LogP) is 3.33. The van der Waals surface area contributed by atoms with Crippen molar-refractivity contribution < 1.29 is 9.53 Å². The first-order chi connectivity index (χ1) is 11.0. The zero-order valence-electron chi connectivity index (χ0n) is 14.8. The lowest BCUT2D eigenvalue weighted by molar-refractivity contribution is -0.00701. The first-order valence-electron chi connectivity index (χ1n) is 8.93. The van der Waals surface area contributed by atoms with Gasteiger partial charge in [0.2, 0.25) is 0 Å². The van der Waals surface area contributed by atoms with Crippen molar-refractivity contribution in [3.05, 3.63) is 17.0 Å². The number of ether oxygens (including phenoxy) is 1. The van der Waals surface area contributed by atoms with E-state index < -0.39 is 0 Å². The van der Waals surface area contributed by atoms with Crippen molar-refractivity contribution in [2.75, 3.05) is 13.6 Å². The Balaban J connectivity index is 1.68. The highest BCUT2D eigenvalue weighted by molar-refractivity contribution is 5.94. The highest BCUT2D eigenvalue weighted by atomic mass is 16.5. The Bertz CT molecular complexity index is 561. The van der Waals surface area contributed by atoms with Crippen molar-refractivity contribution in [2.45, 2.75) is 65.1 Å². The fourth-order valence-corrected chi connectivity index (χ4v) is 4.01. The van der Waals surface area contributed by atoms with Gasteiger partial charge in [-0.15, -0.1) is 0 Å². The largest absolute Gasteiger partial charge is 0.369 e. The average Bonchev–Trinajstić information content (AvgIpc) is 2.92. The maximum atomic E-state index is 12.8. The number of fused-ring (bicyclic) bond motifs is 1. The Morgan fingerprint density at radius 2 is 1.96 bits per heavy atom. The van der Waals surface area contributed by atoms with Gasteiger partial charge in [0.05, 0.1) is 17.9 Å². The number of hydrogen-bond donors (Lipinski definition) is 1. The van der Waals surface area contributed by atoms with Gasteiger partial charge in [-0.05, 0) is 38.5 Å². The normalized spacial score (nSPS) is 30.8. The minimum absolute atomic E-state index is 0.0204. The molecule has 1 aromatic heterocycles. The third-order valence-electron chi connectivity index (χ3n) is 5.45. The van der Waals surface area contributed by atoms with Gasteiger partial charge in [0.1, 0.15) is 0 Å². The van der Waals surface area contributed by atoms with E-state index in [1.165, 1.54) is 25.7 Å². The molecule has 1 N–H and O–H groups in total. The van der Waals surface area contributed by atoms with Gasteiger partial charge in [-0.3, -0.25) is 9.89 Å². The summed E-state index contributed by atoms with van der Waals surface area (Å²) in [6.45, 7) is 7.22. The van der Waals surface area contributed by atoms with Gasteiger partial charge < -0.3 is 9.64 Å². The maximum absolute atomic E-state index is 12.8. The SMILES string of the molecule is CC1CCC(CN(C)C(=O)c2n[nH]c3c2C[C@H](C)O[C@@H]3C)CC1. The molecule has 128 valence electrons. The fourth-order valence-electron chi connectivity index (χ4n) is 4.01. The van der Waals surface area contributed by atoms with Gasteiger partial charge in [0.15, 0.2) is 5.69 Å². The van der Waals surface area contributed by atoms with Gasteiger partial charge in [-0.2, -0.15) is 5.10 Å². The van der Waals surface area contributed by atoms with E-state index >= 15 is 0 Å². The van der Waals surface area contributed by atoms with Crippen LogP contribution in [0.15, 0.2) is 0 Å². The van der Waals surface area contributed by atoms with E-state index in [4.69, 9.17) is 4.74 Å². The molecule has 0 saturated heterocycles. The molecule has 2 heterocycles. The minimum Gasteiger partial charge on any atom is -0.369 e. The van der Waals surface area contributed by atoms with Gasteiger partial charge in [-0.1, -0.05) is 19.8 Å². The first-order valence-corrected chi connectivity index (χ1v) is 8.93. The van der Waals surface area contributed by atoms with Crippen molar-refractivity contribution >= 4 is 5.91 Å². The predicted molar refractivity (Wildman–Crippen MR) is 89.3 cm³/mol. The van der Waals surface area contributed by atoms with E-state index in [-0.39, 0.29) is 18.1 Å². The van der Waals surface area contributed by atoms with E-state index in [9.17, 15) is 4.79 Å². The smallest absolute Gasteiger partial charge is 0.274 e. The summed E-state index contributed by atoms with van der Waals surface area (Å²) in [6, 6.07) is 0. The van der Waals surface area contributed by atoms with Gasteiger partial charge in [-0.25, -0.2) is 0 Å². The molecule has 2 atom stereocenters. The van der Waals surface area contributed by atoms with Crippen molar-refractivity contribution in [3.63, 3.8) is 0 Å². The standard InChI is InChI=1S/C18H29N3O2/c1-11-5-7-14(8-6-11)10-21(4)18(22)17-15-9-12(2)23-13(3)16(15)19-20-17/h11-14H,5-10H2,1-4H3,(H,19,20)/t11?,12-,13+,14?/m0/s1. The van der Waals surface area contributed by atoms with Crippen LogP contribution in [-0.2, 0) is 11.2 Å². The molecule has 1 amide bonds. The number of H-pyrrole nitrogens is 1. The van der Waals surface area contributed by atoms with E-state index in [2.05, 4.69) is 17.1 Å². The number of aromatic nitrogens is 2. The molecule has 23 heavy (non-hydrogen) atoms. The Kier molecular flexibility index (Phi) is 4.76. The van der Waals surface area contributed by atoms with E-state index in [0.29, 0.717) is 11.6 Å². The number of carbonyl (C=O) groups is 1. The molecule has 1 aromatic rings. The molecule has 0 spiro atoms. The van der Waals surface area contributed by atoms with Crippen molar-refractivity contribution in [1.82, 2.24) is 15.1 Å². The van der Waals surface area contributed by atoms with E-state index in [1.54, 1.807) is 0 Å². The van der Waals surface area contributed by atoms with Crippen LogP contribution in [0.4, 0.5) is 0 Å². The van der Waals surface area contributed by atoms with Crippen LogP contribution in [0.1, 0.15) is 74.3 Å². The molecule has 1 aliphatic carbocycles. The first kappa shape index (κ1) is 16.5. The zero-order valence-corrected chi connectivity index (χ0v) is 14.8. The summed E-state index contributed by atoms with van der Waals surface area (Å²) in [7, 11) is 1.91. The monoisotopic (exact) mass is 319 g/mol. The fraction of sp³-hybridized carbons (Fsp3) is 0.778. The second-order valence-electron chi connectivity index (χ2n) is 7.57. The minimum atomic E-state index is -0.0204. The second kappa shape index (κ2) is 6.63. The zero-order chi connectivity index (χ0) is 16.6. The summed E-state index contributed by atoms with van der Waals surface area (Å²) in [4.78, 5) is 14.7. The molecule has 1 aliphatic heterocycles. The summed E-state index contributed by atoms with van der Waals surface area (Å²) in [5, 5.41) is 7.33. The lowest BCUT2D eigenvalue weighted by Crippen LogP contribution is -2.34. The average molecular weight is 319 g/mol. The number of nitrogens with zero attached hydrogens (tertiary/aromatic N) is 2. The quantitative estimate of drug-likeness (QED) is 0.929. The van der Waals surface area contributed by atoms with Crippen LogP contribution in [0, 0.1) is 11.8 Å². The second-order valence-corrected chi connectivity index (χ2v) is 7.57. The van der Waals surface area contributed by atoms with Gasteiger partial charge >= 0.3 is 0 Å². The number of nitrogens with one attached hydrogen (secondary N) is 1. The molecule has 0 bridgehead atoms. The van der Waals surface area contributed by atoms with E-state index in [1.807, 2.05) is 25.8 Å². The summed E-state index contributed by atoms with van der Waals surface area (Å²) >= 11 is 0. The van der Waals surface area contributed by atoms with Crippen LogP contribution in [0.2, 0.25) is 0 Å². The van der Waals surface area contributed by atoms with Crippen LogP contribution in [-0.4, -0.2) is 40.7 Å². The molecule has 2 aliphatic rings. The summed E-state index contributed by atoms with van der Waals surface area (Å²) in [5.41, 5.74) is 2.60. The molecular weight excluding hydrogens is 290 g/mol. The number of amides is 1. The number of aromatic amines is 1. The molecule has 3 rings (SSSR count). The van der Waals surface area contributed by atoms with Crippen LogP contribution in [0.25, 0.3) is 0 Å². The summed E-state index contributed by atoms with van der Waals surface area (Å²) < 4.78 is 5.80. The summed E-state index contributed by atoms with van der Waals surface area (Å²) in [6.07, 6.45) is 5.91. The van der Waals surface area contributed by atoms with Crippen LogP contribution in [0.3, 0.4) is 0 Å². The lowest BCUT2D eigenvalue weighted by Gasteiger charge is -2.30. The molecule has 0 aromatic carbocycles. The van der Waals surface area contributed by atoms with Crippen LogP contribution >= 0.6 is 0 Å². The van der Waals surface area contributed by atoms with Crippen molar-refractivity contribution in [2.24, 2.45) is 11.8 Å². The summed E-state index contributed by atoms with van der Waals surface area (Å²) in [5.74, 6) is 1.52. The van der Waals surface area contributed by atoms with Gasteiger partial charge in [0.25, 0.3) is 5.91 Å². The third kappa shape index (κ3) is 3.44. The molecular formula is C18H29N3O2. The topological polar surface area (TPSA) is 58.2 Å². The van der Waals surface area contributed by atoms with Crippen molar-refractivity contribution in [1.29, 1.82) is 0 Å². The Morgan fingerprint density at radius 3 is 2.65 bits per heavy atom. The Hall–Kier alpha value is -1.36.